The second-order valence-corrected chi connectivity index (χ2v) is 4.39. The second-order valence-electron chi connectivity index (χ2n) is 4.39. The van der Waals surface area contributed by atoms with Crippen LogP contribution in [-0.2, 0) is 16.1 Å². The molecule has 4 nitrogen and oxygen atoms in total. The summed E-state index contributed by atoms with van der Waals surface area (Å²) in [6, 6.07) is 7.86. The normalized spacial score (nSPS) is 10.1. The summed E-state index contributed by atoms with van der Waals surface area (Å²) in [5.41, 5.74) is 7.70. The van der Waals surface area contributed by atoms with Gasteiger partial charge >= 0.3 is 5.97 Å². The first-order valence-electron chi connectivity index (χ1n) is 6.30. The first kappa shape index (κ1) is 17.7. The maximum absolute atomic E-state index is 11.2. The Labute approximate surface area is 121 Å². The number of hydrogen-bond donors (Lipinski definition) is 1. The largest absolute Gasteiger partial charge is 0.466 e. The van der Waals surface area contributed by atoms with Gasteiger partial charge in [-0.1, -0.05) is 12.1 Å². The van der Waals surface area contributed by atoms with E-state index < -0.39 is 0 Å². The van der Waals surface area contributed by atoms with Crippen LogP contribution in [0.15, 0.2) is 24.3 Å². The lowest BCUT2D eigenvalue weighted by molar-refractivity contribution is -0.143. The van der Waals surface area contributed by atoms with Crippen molar-refractivity contribution in [2.24, 2.45) is 0 Å². The van der Waals surface area contributed by atoms with Crippen molar-refractivity contribution in [2.45, 2.75) is 26.3 Å². The van der Waals surface area contributed by atoms with Crippen LogP contribution in [-0.4, -0.2) is 31.1 Å². The van der Waals surface area contributed by atoms with Gasteiger partial charge in [-0.15, -0.1) is 12.4 Å². The molecule has 0 aliphatic rings. The van der Waals surface area contributed by atoms with E-state index in [1.54, 1.807) is 0 Å². The Bertz CT molecular complexity index is 385. The van der Waals surface area contributed by atoms with Gasteiger partial charge in [0.1, 0.15) is 0 Å². The molecule has 5 heteroatoms. The van der Waals surface area contributed by atoms with Crippen LogP contribution in [0, 0.1) is 0 Å². The molecule has 0 unspecified atom stereocenters. The third-order valence-corrected chi connectivity index (χ3v) is 2.63. The highest BCUT2D eigenvalue weighted by Crippen LogP contribution is 2.09. The van der Waals surface area contributed by atoms with Crippen LogP contribution < -0.4 is 5.73 Å². The van der Waals surface area contributed by atoms with Crippen molar-refractivity contribution in [3.63, 3.8) is 0 Å². The Balaban J connectivity index is 0.00000324. The monoisotopic (exact) mass is 286 g/mol. The average molecular weight is 287 g/mol. The number of carbonyl (C=O) groups excluding carboxylic acids is 1. The number of esters is 1. The standard InChI is InChI=1S/C14H22N2O2.ClH/c1-3-18-14(17)8-5-9-16(2)11-12-6-4-7-13(15)10-12;/h4,6-7,10H,3,5,8-9,11,15H2,1-2H3;1H. The zero-order chi connectivity index (χ0) is 13.4. The molecule has 0 saturated carbocycles. The van der Waals surface area contributed by atoms with Crippen molar-refractivity contribution in [3.05, 3.63) is 29.8 Å². The van der Waals surface area contributed by atoms with E-state index in [9.17, 15) is 4.79 Å². The van der Waals surface area contributed by atoms with Crippen LogP contribution >= 0.6 is 12.4 Å². The van der Waals surface area contributed by atoms with E-state index in [1.165, 1.54) is 5.56 Å². The van der Waals surface area contributed by atoms with Crippen molar-refractivity contribution in [1.29, 1.82) is 0 Å². The first-order valence-corrected chi connectivity index (χ1v) is 6.30. The SMILES string of the molecule is CCOC(=O)CCCN(C)Cc1cccc(N)c1.Cl. The molecular formula is C14H23ClN2O2. The summed E-state index contributed by atoms with van der Waals surface area (Å²) in [6.45, 7) is 3.99. The number of nitrogen functional groups attached to an aromatic ring is 1. The van der Waals surface area contributed by atoms with Crippen LogP contribution in [0.25, 0.3) is 0 Å². The van der Waals surface area contributed by atoms with Crippen molar-refractivity contribution in [2.75, 3.05) is 25.9 Å². The van der Waals surface area contributed by atoms with Crippen LogP contribution in [0.5, 0.6) is 0 Å². The molecule has 2 N–H and O–H groups in total. The van der Waals surface area contributed by atoms with E-state index >= 15 is 0 Å². The minimum absolute atomic E-state index is 0. The zero-order valence-electron chi connectivity index (χ0n) is 11.6. The van der Waals surface area contributed by atoms with Crippen molar-refractivity contribution >= 4 is 24.1 Å². The van der Waals surface area contributed by atoms with Crippen LogP contribution in [0.3, 0.4) is 0 Å². The van der Waals surface area contributed by atoms with E-state index in [-0.39, 0.29) is 18.4 Å². The number of rotatable bonds is 7. The number of hydrogen-bond acceptors (Lipinski definition) is 4. The highest BCUT2D eigenvalue weighted by Gasteiger charge is 2.04. The third kappa shape index (κ3) is 7.70. The molecule has 0 amide bonds. The van der Waals surface area contributed by atoms with E-state index in [1.807, 2.05) is 32.2 Å². The van der Waals surface area contributed by atoms with Gasteiger partial charge in [0, 0.05) is 18.7 Å². The fourth-order valence-electron chi connectivity index (χ4n) is 1.81. The minimum atomic E-state index is -0.116. The van der Waals surface area contributed by atoms with E-state index in [2.05, 4.69) is 11.0 Å². The molecule has 0 spiro atoms. The molecule has 0 saturated heterocycles. The highest BCUT2D eigenvalue weighted by molar-refractivity contribution is 5.85. The van der Waals surface area contributed by atoms with E-state index in [0.717, 1.165) is 25.2 Å². The number of carbonyl (C=O) groups is 1. The lowest BCUT2D eigenvalue weighted by Crippen LogP contribution is -2.20. The maximum atomic E-state index is 11.2. The molecule has 0 aliphatic heterocycles. The van der Waals surface area contributed by atoms with Gasteiger partial charge in [0.15, 0.2) is 0 Å². The van der Waals surface area contributed by atoms with Crippen LogP contribution in [0.4, 0.5) is 5.69 Å². The summed E-state index contributed by atoms with van der Waals surface area (Å²) >= 11 is 0. The fraction of sp³-hybridized carbons (Fsp3) is 0.500. The van der Waals surface area contributed by atoms with Gasteiger partial charge in [-0.25, -0.2) is 0 Å². The van der Waals surface area contributed by atoms with Crippen molar-refractivity contribution in [1.82, 2.24) is 4.90 Å². The molecule has 1 rings (SSSR count). The Kier molecular flexibility index (Phi) is 9.00. The second kappa shape index (κ2) is 9.64. The number of ether oxygens (including phenoxy) is 1. The molecule has 0 aromatic heterocycles. The number of benzene rings is 1. The molecule has 1 aromatic rings. The average Bonchev–Trinajstić information content (AvgIpc) is 2.29. The van der Waals surface area contributed by atoms with Gasteiger partial charge in [-0.2, -0.15) is 0 Å². The molecule has 0 atom stereocenters. The first-order chi connectivity index (χ1) is 8.61. The summed E-state index contributed by atoms with van der Waals surface area (Å²) in [7, 11) is 2.04. The summed E-state index contributed by atoms with van der Waals surface area (Å²) in [5.74, 6) is -0.116. The molecule has 0 fully saturated rings. The number of nitrogens with zero attached hydrogens (tertiary/aromatic N) is 1. The summed E-state index contributed by atoms with van der Waals surface area (Å²) < 4.78 is 4.88. The Morgan fingerprint density at radius 1 is 1.42 bits per heavy atom. The summed E-state index contributed by atoms with van der Waals surface area (Å²) in [4.78, 5) is 13.3. The van der Waals surface area contributed by atoms with Crippen molar-refractivity contribution < 1.29 is 9.53 Å². The molecule has 0 heterocycles. The van der Waals surface area contributed by atoms with Crippen LogP contribution in [0.2, 0.25) is 0 Å². The van der Waals surface area contributed by atoms with Gasteiger partial charge in [-0.3, -0.25) is 4.79 Å². The third-order valence-electron chi connectivity index (χ3n) is 2.63. The summed E-state index contributed by atoms with van der Waals surface area (Å²) in [6.07, 6.45) is 1.30. The van der Waals surface area contributed by atoms with Gasteiger partial charge in [0.2, 0.25) is 0 Å². The predicted octanol–water partition coefficient (Wildman–Crippen LogP) is 2.47. The van der Waals surface area contributed by atoms with E-state index in [0.29, 0.717) is 13.0 Å². The molecule has 108 valence electrons. The molecule has 19 heavy (non-hydrogen) atoms. The Hall–Kier alpha value is -1.26. The number of anilines is 1. The highest BCUT2D eigenvalue weighted by atomic mass is 35.5. The lowest BCUT2D eigenvalue weighted by atomic mass is 10.2. The Morgan fingerprint density at radius 2 is 2.16 bits per heavy atom. The molecule has 0 bridgehead atoms. The topological polar surface area (TPSA) is 55.6 Å². The molecule has 0 radical (unpaired) electrons. The predicted molar refractivity (Wildman–Crippen MR) is 80.3 cm³/mol. The minimum Gasteiger partial charge on any atom is -0.466 e. The van der Waals surface area contributed by atoms with Gasteiger partial charge in [0.25, 0.3) is 0 Å². The van der Waals surface area contributed by atoms with Gasteiger partial charge in [-0.05, 0) is 44.6 Å². The summed E-state index contributed by atoms with van der Waals surface area (Å²) in [5, 5.41) is 0. The lowest BCUT2D eigenvalue weighted by Gasteiger charge is -2.16. The Morgan fingerprint density at radius 3 is 2.79 bits per heavy atom. The molecule has 1 aromatic carbocycles. The number of nitrogens with two attached hydrogens (primary N) is 1. The van der Waals surface area contributed by atoms with Crippen LogP contribution in [0.1, 0.15) is 25.3 Å². The smallest absolute Gasteiger partial charge is 0.305 e. The van der Waals surface area contributed by atoms with Gasteiger partial charge in [0.05, 0.1) is 6.61 Å². The van der Waals surface area contributed by atoms with Gasteiger partial charge < -0.3 is 15.4 Å². The molecular weight excluding hydrogens is 264 g/mol. The quantitative estimate of drug-likeness (QED) is 0.618. The van der Waals surface area contributed by atoms with Crippen molar-refractivity contribution in [3.8, 4) is 0 Å². The molecule has 0 aliphatic carbocycles. The maximum Gasteiger partial charge on any atom is 0.305 e. The van der Waals surface area contributed by atoms with E-state index in [4.69, 9.17) is 10.5 Å². The fourth-order valence-corrected chi connectivity index (χ4v) is 1.81. The zero-order valence-corrected chi connectivity index (χ0v) is 12.4. The number of halogens is 1.